The van der Waals surface area contributed by atoms with Crippen molar-refractivity contribution in [3.8, 4) is 5.75 Å². The van der Waals surface area contributed by atoms with Gasteiger partial charge in [-0.1, -0.05) is 24.3 Å². The minimum atomic E-state index is -0.246. The van der Waals surface area contributed by atoms with Crippen LogP contribution in [0.5, 0.6) is 5.75 Å². The van der Waals surface area contributed by atoms with Gasteiger partial charge in [-0.05, 0) is 63.5 Å². The van der Waals surface area contributed by atoms with Gasteiger partial charge in [0.1, 0.15) is 24.0 Å². The molecule has 0 aliphatic heterocycles. The van der Waals surface area contributed by atoms with E-state index in [0.717, 1.165) is 27.2 Å². The molecule has 0 unspecified atom stereocenters. The van der Waals surface area contributed by atoms with Crippen molar-refractivity contribution in [2.75, 3.05) is 5.32 Å². The number of nitrogens with zero attached hydrogens (tertiary/aromatic N) is 1. The monoisotopic (exact) mass is 386 g/mol. The van der Waals surface area contributed by atoms with Gasteiger partial charge in [-0.25, -0.2) is 9.37 Å². The number of anilines is 1. The molecule has 0 saturated carbocycles. The lowest BCUT2D eigenvalue weighted by Crippen LogP contribution is -2.01. The molecule has 0 fully saturated rings. The summed E-state index contributed by atoms with van der Waals surface area (Å²) in [5, 5.41) is 3.26. The molecule has 0 spiro atoms. The van der Waals surface area contributed by atoms with Gasteiger partial charge in [0.05, 0.1) is 4.47 Å². The third kappa shape index (κ3) is 4.55. The number of benzene rings is 2. The highest BCUT2D eigenvalue weighted by Gasteiger charge is 2.04. The first-order valence-electron chi connectivity index (χ1n) is 7.51. The molecule has 0 radical (unpaired) electrons. The van der Waals surface area contributed by atoms with Gasteiger partial charge in [-0.2, -0.15) is 0 Å². The van der Waals surface area contributed by atoms with Crippen molar-refractivity contribution < 1.29 is 9.13 Å². The first-order valence-corrected chi connectivity index (χ1v) is 8.30. The van der Waals surface area contributed by atoms with Gasteiger partial charge in [0.15, 0.2) is 0 Å². The van der Waals surface area contributed by atoms with E-state index in [4.69, 9.17) is 4.74 Å². The summed E-state index contributed by atoms with van der Waals surface area (Å²) in [6.07, 6.45) is 1.75. The van der Waals surface area contributed by atoms with E-state index >= 15 is 0 Å². The molecule has 1 heterocycles. The molecular formula is C19H16BrFN2O. The smallest absolute Gasteiger partial charge is 0.134 e. The fraction of sp³-hybridized carbons (Fsp3) is 0.105. The standard InChI is InChI=1S/C19H16BrFN2O/c20-17-11-15(12-23-19-3-1-2-10-22-19)6-9-18(17)24-13-14-4-7-16(21)8-5-14/h1-11H,12-13H2,(H,22,23). The first-order chi connectivity index (χ1) is 11.7. The van der Waals surface area contributed by atoms with Crippen molar-refractivity contribution in [1.29, 1.82) is 0 Å². The number of ether oxygens (including phenoxy) is 1. The van der Waals surface area contributed by atoms with Crippen LogP contribution in [0.3, 0.4) is 0 Å². The lowest BCUT2D eigenvalue weighted by atomic mass is 10.2. The predicted octanol–water partition coefficient (Wildman–Crippen LogP) is 5.17. The zero-order valence-electron chi connectivity index (χ0n) is 12.9. The Morgan fingerprint density at radius 2 is 1.79 bits per heavy atom. The van der Waals surface area contributed by atoms with Gasteiger partial charge >= 0.3 is 0 Å². The molecule has 1 aromatic heterocycles. The molecular weight excluding hydrogens is 371 g/mol. The van der Waals surface area contributed by atoms with Crippen LogP contribution < -0.4 is 10.1 Å². The highest BCUT2D eigenvalue weighted by atomic mass is 79.9. The molecule has 24 heavy (non-hydrogen) atoms. The highest BCUT2D eigenvalue weighted by Crippen LogP contribution is 2.27. The second-order valence-corrected chi connectivity index (χ2v) is 6.10. The largest absolute Gasteiger partial charge is 0.488 e. The van der Waals surface area contributed by atoms with Crippen molar-refractivity contribution in [1.82, 2.24) is 4.98 Å². The maximum Gasteiger partial charge on any atom is 0.134 e. The van der Waals surface area contributed by atoms with Crippen LogP contribution in [-0.2, 0) is 13.2 Å². The minimum Gasteiger partial charge on any atom is -0.488 e. The summed E-state index contributed by atoms with van der Waals surface area (Å²) >= 11 is 3.53. The summed E-state index contributed by atoms with van der Waals surface area (Å²) in [7, 11) is 0. The second kappa shape index (κ2) is 7.93. The van der Waals surface area contributed by atoms with E-state index in [0.29, 0.717) is 13.2 Å². The maximum atomic E-state index is 12.9. The van der Waals surface area contributed by atoms with Crippen molar-refractivity contribution in [2.45, 2.75) is 13.2 Å². The van der Waals surface area contributed by atoms with Gasteiger partial charge in [0.2, 0.25) is 0 Å². The normalized spacial score (nSPS) is 10.4. The Balaban J connectivity index is 1.59. The Labute approximate surface area is 148 Å². The number of halogens is 2. The lowest BCUT2D eigenvalue weighted by molar-refractivity contribution is 0.304. The molecule has 3 nitrogen and oxygen atoms in total. The van der Waals surface area contributed by atoms with Crippen molar-refractivity contribution in [3.63, 3.8) is 0 Å². The maximum absolute atomic E-state index is 12.9. The van der Waals surface area contributed by atoms with E-state index < -0.39 is 0 Å². The number of rotatable bonds is 6. The van der Waals surface area contributed by atoms with Crippen LogP contribution in [0.4, 0.5) is 10.2 Å². The average molecular weight is 387 g/mol. The number of hydrogen-bond acceptors (Lipinski definition) is 3. The molecule has 1 N–H and O–H groups in total. The summed E-state index contributed by atoms with van der Waals surface area (Å²) in [5.74, 6) is 1.34. The quantitative estimate of drug-likeness (QED) is 0.633. The Hall–Kier alpha value is -2.40. The van der Waals surface area contributed by atoms with E-state index in [1.165, 1.54) is 12.1 Å². The molecule has 0 saturated heterocycles. The van der Waals surface area contributed by atoms with Crippen molar-refractivity contribution in [3.05, 3.63) is 88.3 Å². The van der Waals surface area contributed by atoms with Gasteiger partial charge in [-0.15, -0.1) is 0 Å². The fourth-order valence-corrected chi connectivity index (χ4v) is 2.71. The third-order valence-corrected chi connectivity index (χ3v) is 4.06. The zero-order valence-corrected chi connectivity index (χ0v) is 14.5. The molecule has 0 atom stereocenters. The molecule has 3 rings (SSSR count). The Morgan fingerprint density at radius 1 is 1.00 bits per heavy atom. The van der Waals surface area contributed by atoms with Gasteiger partial charge < -0.3 is 10.1 Å². The summed E-state index contributed by atoms with van der Waals surface area (Å²) in [6.45, 7) is 1.07. The van der Waals surface area contributed by atoms with Crippen LogP contribution in [-0.4, -0.2) is 4.98 Å². The molecule has 0 bridgehead atoms. The van der Waals surface area contributed by atoms with Crippen LogP contribution in [0.2, 0.25) is 0 Å². The minimum absolute atomic E-state index is 0.246. The Morgan fingerprint density at radius 3 is 2.50 bits per heavy atom. The van der Waals surface area contributed by atoms with Crippen LogP contribution in [0.15, 0.2) is 71.3 Å². The van der Waals surface area contributed by atoms with Crippen LogP contribution >= 0.6 is 15.9 Å². The lowest BCUT2D eigenvalue weighted by Gasteiger charge is -2.11. The Bertz CT molecular complexity index is 794. The second-order valence-electron chi connectivity index (χ2n) is 5.25. The Kier molecular flexibility index (Phi) is 5.43. The van der Waals surface area contributed by atoms with E-state index in [-0.39, 0.29) is 5.82 Å². The average Bonchev–Trinajstić information content (AvgIpc) is 2.61. The molecule has 0 aliphatic carbocycles. The van der Waals surface area contributed by atoms with Crippen molar-refractivity contribution in [2.24, 2.45) is 0 Å². The number of hydrogen-bond donors (Lipinski definition) is 1. The van der Waals surface area contributed by atoms with E-state index in [1.807, 2.05) is 36.4 Å². The topological polar surface area (TPSA) is 34.1 Å². The molecule has 5 heteroatoms. The summed E-state index contributed by atoms with van der Waals surface area (Å²) in [4.78, 5) is 4.23. The molecule has 122 valence electrons. The molecule has 2 aromatic carbocycles. The molecule has 0 amide bonds. The third-order valence-electron chi connectivity index (χ3n) is 3.44. The van der Waals surface area contributed by atoms with Crippen molar-refractivity contribution >= 4 is 21.7 Å². The molecule has 3 aromatic rings. The summed E-state index contributed by atoms with van der Waals surface area (Å²) in [6, 6.07) is 18.0. The van der Waals surface area contributed by atoms with Gasteiger partial charge in [0, 0.05) is 12.7 Å². The van der Waals surface area contributed by atoms with E-state index in [9.17, 15) is 4.39 Å². The van der Waals surface area contributed by atoms with Gasteiger partial charge in [-0.3, -0.25) is 0 Å². The van der Waals surface area contributed by atoms with Crippen LogP contribution in [0.1, 0.15) is 11.1 Å². The summed E-state index contributed by atoms with van der Waals surface area (Å²) in [5.41, 5.74) is 2.03. The van der Waals surface area contributed by atoms with Crippen LogP contribution in [0.25, 0.3) is 0 Å². The number of pyridine rings is 1. The van der Waals surface area contributed by atoms with Crippen LogP contribution in [0, 0.1) is 5.82 Å². The SMILES string of the molecule is Fc1ccc(COc2ccc(CNc3ccccn3)cc2Br)cc1. The van der Waals surface area contributed by atoms with E-state index in [2.05, 4.69) is 26.2 Å². The molecule has 0 aliphatic rings. The first kappa shape index (κ1) is 16.5. The summed E-state index contributed by atoms with van der Waals surface area (Å²) < 4.78 is 19.6. The highest BCUT2D eigenvalue weighted by molar-refractivity contribution is 9.10. The van der Waals surface area contributed by atoms with E-state index in [1.54, 1.807) is 18.3 Å². The fourth-order valence-electron chi connectivity index (χ4n) is 2.17. The zero-order chi connectivity index (χ0) is 16.8. The number of aromatic nitrogens is 1. The predicted molar refractivity (Wildman–Crippen MR) is 96.4 cm³/mol. The van der Waals surface area contributed by atoms with Gasteiger partial charge in [0.25, 0.3) is 0 Å². The number of nitrogens with one attached hydrogen (secondary N) is 1.